The van der Waals surface area contributed by atoms with Gasteiger partial charge >= 0.3 is 0 Å². The Bertz CT molecular complexity index is 498. The van der Waals surface area contributed by atoms with Gasteiger partial charge < -0.3 is 0 Å². The van der Waals surface area contributed by atoms with Crippen LogP contribution in [0.4, 0.5) is 0 Å². The van der Waals surface area contributed by atoms with Crippen molar-refractivity contribution in [2.24, 2.45) is 0 Å². The molecule has 41 heavy (non-hydrogen) atoms. The zero-order chi connectivity index (χ0) is 29.9. The monoisotopic (exact) mass is 597 g/mol. The number of nitrogens with one attached hydrogen (secondary N) is 2. The van der Waals surface area contributed by atoms with E-state index in [0.717, 1.165) is 37.8 Å². The van der Waals surface area contributed by atoms with Crippen molar-refractivity contribution in [2.75, 3.05) is 0 Å². The Morgan fingerprint density at radius 3 is 0.756 bits per heavy atom. The molecule has 5 heteroatoms. The minimum Gasteiger partial charge on any atom is -0.282 e. The first-order valence-corrected chi connectivity index (χ1v) is 19.3. The summed E-state index contributed by atoms with van der Waals surface area (Å²) >= 11 is 1.05. The molecular weight excluding hydrogens is 524 g/mol. The van der Waals surface area contributed by atoms with Gasteiger partial charge in [-0.1, -0.05) is 194 Å². The molecule has 0 aromatic carbocycles. The van der Waals surface area contributed by atoms with E-state index in [0.29, 0.717) is 12.8 Å². The van der Waals surface area contributed by atoms with Crippen molar-refractivity contribution < 1.29 is 9.59 Å². The molecule has 4 nitrogen and oxygen atoms in total. The maximum Gasteiger partial charge on any atom is 0.231 e. The fourth-order valence-corrected chi connectivity index (χ4v) is 6.04. The van der Waals surface area contributed by atoms with E-state index in [1.165, 1.54) is 167 Å². The quantitative estimate of drug-likeness (QED) is 0.0574. The summed E-state index contributed by atoms with van der Waals surface area (Å²) in [6.07, 6.45) is 41.0. The van der Waals surface area contributed by atoms with Crippen LogP contribution in [0.3, 0.4) is 0 Å². The zero-order valence-electron chi connectivity index (χ0n) is 27.9. The Morgan fingerprint density at radius 1 is 0.341 bits per heavy atom. The van der Waals surface area contributed by atoms with Crippen molar-refractivity contribution in [3.8, 4) is 0 Å². The summed E-state index contributed by atoms with van der Waals surface area (Å²) in [5.74, 6) is 0.0499. The highest BCUT2D eigenvalue weighted by Crippen LogP contribution is 2.15. The van der Waals surface area contributed by atoms with E-state index in [1.807, 2.05) is 0 Å². The summed E-state index contributed by atoms with van der Waals surface area (Å²) in [5, 5.41) is 0. The molecule has 0 aromatic rings. The minimum absolute atomic E-state index is 0.0250. The molecule has 0 aliphatic carbocycles. The van der Waals surface area contributed by atoms with Crippen LogP contribution in [0.25, 0.3) is 0 Å². The van der Waals surface area contributed by atoms with Crippen molar-refractivity contribution in [3.63, 3.8) is 0 Å². The maximum absolute atomic E-state index is 12.0. The third-order valence-electron chi connectivity index (χ3n) is 8.34. The average molecular weight is 597 g/mol. The lowest BCUT2D eigenvalue weighted by atomic mass is 10.0. The van der Waals surface area contributed by atoms with E-state index < -0.39 is 0 Å². The van der Waals surface area contributed by atoms with Crippen LogP contribution >= 0.6 is 12.1 Å². The molecule has 0 aromatic heterocycles. The second-order valence-electron chi connectivity index (χ2n) is 12.6. The number of unbranched alkanes of at least 4 members (excludes halogenated alkanes) is 28. The first-order valence-electron chi connectivity index (χ1n) is 18.4. The number of hydrogen-bond donors (Lipinski definition) is 2. The van der Waals surface area contributed by atoms with Gasteiger partial charge in [0.05, 0.1) is 12.1 Å². The molecule has 0 radical (unpaired) electrons. The molecule has 0 saturated carbocycles. The predicted molar refractivity (Wildman–Crippen MR) is 183 cm³/mol. The van der Waals surface area contributed by atoms with Gasteiger partial charge in [0.25, 0.3) is 0 Å². The molecule has 0 bridgehead atoms. The van der Waals surface area contributed by atoms with E-state index in [9.17, 15) is 9.59 Å². The molecule has 0 fully saturated rings. The number of carbonyl (C=O) groups is 2. The molecule has 0 heterocycles. The van der Waals surface area contributed by atoms with Crippen LogP contribution < -0.4 is 9.44 Å². The van der Waals surface area contributed by atoms with Gasteiger partial charge in [0.15, 0.2) is 0 Å². The third kappa shape index (κ3) is 35.4. The van der Waals surface area contributed by atoms with E-state index in [4.69, 9.17) is 0 Å². The Morgan fingerprint density at radius 2 is 0.537 bits per heavy atom. The first kappa shape index (κ1) is 40.3. The van der Waals surface area contributed by atoms with Crippen LogP contribution in [-0.2, 0) is 9.59 Å². The fourth-order valence-electron chi connectivity index (χ4n) is 5.56. The molecule has 244 valence electrons. The van der Waals surface area contributed by atoms with Crippen LogP contribution in [0, 0.1) is 0 Å². The fraction of sp³-hybridized carbons (Fsp3) is 0.944. The van der Waals surface area contributed by atoms with E-state index in [1.54, 1.807) is 0 Å². The molecule has 0 rings (SSSR count). The summed E-state index contributed by atoms with van der Waals surface area (Å²) in [7, 11) is 0. The Labute approximate surface area is 261 Å². The van der Waals surface area contributed by atoms with Gasteiger partial charge in [-0.3, -0.25) is 19.0 Å². The molecule has 0 aliphatic heterocycles. The third-order valence-corrected chi connectivity index (χ3v) is 9.00. The number of hydrogen-bond acceptors (Lipinski definition) is 3. The molecule has 0 spiro atoms. The molecule has 0 aliphatic rings. The summed E-state index contributed by atoms with van der Waals surface area (Å²) < 4.78 is 5.53. The molecule has 2 N–H and O–H groups in total. The van der Waals surface area contributed by atoms with E-state index in [-0.39, 0.29) is 11.8 Å². The highest BCUT2D eigenvalue weighted by atomic mass is 32.2. The predicted octanol–water partition coefficient (Wildman–Crippen LogP) is 12.3. The maximum atomic E-state index is 12.0. The molecule has 2 amide bonds. The van der Waals surface area contributed by atoms with Crippen molar-refractivity contribution in [3.05, 3.63) is 0 Å². The Hall–Kier alpha value is -0.710. The average Bonchev–Trinajstić information content (AvgIpc) is 2.97. The highest BCUT2D eigenvalue weighted by Gasteiger charge is 2.05. The van der Waals surface area contributed by atoms with Gasteiger partial charge in [-0.2, -0.15) is 0 Å². The molecule has 0 atom stereocenters. The summed E-state index contributed by atoms with van der Waals surface area (Å²) in [6.45, 7) is 4.56. The minimum atomic E-state index is 0.0250. The van der Waals surface area contributed by atoms with Gasteiger partial charge in [0.2, 0.25) is 11.8 Å². The number of amides is 2. The molecule has 0 unspecified atom stereocenters. The summed E-state index contributed by atoms with van der Waals surface area (Å²) in [5.41, 5.74) is 0. The Balaban J connectivity index is 3.26. The normalized spacial score (nSPS) is 11.2. The lowest BCUT2D eigenvalue weighted by Gasteiger charge is -2.06. The van der Waals surface area contributed by atoms with Gasteiger partial charge in [0, 0.05) is 12.8 Å². The highest BCUT2D eigenvalue weighted by molar-refractivity contribution is 7.96. The van der Waals surface area contributed by atoms with Gasteiger partial charge in [-0.15, -0.1) is 0 Å². The Kier molecular flexibility index (Phi) is 34.9. The van der Waals surface area contributed by atoms with Crippen LogP contribution in [0.5, 0.6) is 0 Å². The number of rotatable bonds is 34. The van der Waals surface area contributed by atoms with Crippen molar-refractivity contribution in [1.29, 1.82) is 0 Å². The zero-order valence-corrected chi connectivity index (χ0v) is 28.7. The van der Waals surface area contributed by atoms with Crippen molar-refractivity contribution in [2.45, 2.75) is 219 Å². The van der Waals surface area contributed by atoms with E-state index in [2.05, 4.69) is 23.3 Å². The number of carbonyl (C=O) groups excluding carboxylic acids is 2. The van der Waals surface area contributed by atoms with Gasteiger partial charge in [0.1, 0.15) is 0 Å². The summed E-state index contributed by atoms with van der Waals surface area (Å²) in [6, 6.07) is 0. The van der Waals surface area contributed by atoms with E-state index >= 15 is 0 Å². The molecule has 0 saturated heterocycles. The van der Waals surface area contributed by atoms with Gasteiger partial charge in [-0.25, -0.2) is 0 Å². The SMILES string of the molecule is CCCCCCCCCCCCCCCCCC(=O)NSNC(=O)CCCCCCCCCCCCCCCCC. The standard InChI is InChI=1S/C36H72N2O2S/c1-3-5-7-9-11-13-15-17-19-21-23-25-27-29-31-33-35(39)37-41-38-36(40)34-32-30-28-26-24-22-20-18-16-14-12-10-8-6-4-2/h3-34H2,1-2H3,(H,37,39)(H,38,40). The van der Waals surface area contributed by atoms with Crippen LogP contribution in [-0.4, -0.2) is 11.8 Å². The van der Waals surface area contributed by atoms with Crippen molar-refractivity contribution in [1.82, 2.24) is 9.44 Å². The second-order valence-corrected chi connectivity index (χ2v) is 13.2. The second kappa shape index (κ2) is 35.5. The smallest absolute Gasteiger partial charge is 0.231 e. The van der Waals surface area contributed by atoms with Gasteiger partial charge in [-0.05, 0) is 12.8 Å². The largest absolute Gasteiger partial charge is 0.282 e. The summed E-state index contributed by atoms with van der Waals surface area (Å²) in [4.78, 5) is 24.0. The van der Waals surface area contributed by atoms with Crippen LogP contribution in [0.2, 0.25) is 0 Å². The van der Waals surface area contributed by atoms with Crippen LogP contribution in [0.15, 0.2) is 0 Å². The molecular formula is C36H72N2O2S. The lowest BCUT2D eigenvalue weighted by Crippen LogP contribution is -2.24. The first-order chi connectivity index (χ1) is 20.2. The lowest BCUT2D eigenvalue weighted by molar-refractivity contribution is -0.119. The van der Waals surface area contributed by atoms with Crippen molar-refractivity contribution >= 4 is 23.9 Å². The topological polar surface area (TPSA) is 58.2 Å². The van der Waals surface area contributed by atoms with Crippen LogP contribution in [0.1, 0.15) is 219 Å².